The Hall–Kier alpha value is -1.18. The van der Waals surface area contributed by atoms with Gasteiger partial charge in [0.25, 0.3) is 0 Å². The van der Waals surface area contributed by atoms with Gasteiger partial charge in [-0.05, 0) is 104 Å². The predicted molar refractivity (Wildman–Crippen MR) is 117 cm³/mol. The summed E-state index contributed by atoms with van der Waals surface area (Å²) in [5.41, 5.74) is 3.32. The van der Waals surface area contributed by atoms with Gasteiger partial charge in [-0.1, -0.05) is 50.8 Å². The molecule has 3 aliphatic carbocycles. The van der Waals surface area contributed by atoms with Crippen molar-refractivity contribution in [3.8, 4) is 0 Å². The average Bonchev–Trinajstić information content (AvgIpc) is 2.74. The molecule has 1 aromatic carbocycles. The number of halogens is 2. The van der Waals surface area contributed by atoms with Crippen LogP contribution in [0.15, 0.2) is 24.5 Å². The van der Waals surface area contributed by atoms with Crippen molar-refractivity contribution in [2.75, 3.05) is 0 Å². The molecule has 3 aliphatic rings. The third-order valence-corrected chi connectivity index (χ3v) is 8.34. The maximum Gasteiger partial charge on any atom is 0.130 e. The number of rotatable bonds is 6. The molecule has 1 aromatic rings. The standard InChI is InChI=1S/C27H38F2/c1-2-3-4-5-19-7-12-25-23(17-19)11-13-26(27(25)29)24-10-9-21-16-20(14-15-28)6-8-22(21)18-24/h11,13-15,19-22,24H,2-10,12,16-18H2,1H3/b15-14+. The second-order valence-corrected chi connectivity index (χ2v) is 10.1. The minimum Gasteiger partial charge on any atom is -0.216 e. The van der Waals surface area contributed by atoms with Crippen molar-refractivity contribution in [2.45, 2.75) is 96.3 Å². The van der Waals surface area contributed by atoms with Gasteiger partial charge in [0.05, 0.1) is 6.33 Å². The lowest BCUT2D eigenvalue weighted by Crippen LogP contribution is -2.30. The monoisotopic (exact) mass is 400 g/mol. The normalized spacial score (nSPS) is 32.2. The Morgan fingerprint density at radius 1 is 1.00 bits per heavy atom. The number of benzene rings is 1. The van der Waals surface area contributed by atoms with E-state index >= 15 is 4.39 Å². The highest BCUT2D eigenvalue weighted by Gasteiger charge is 2.36. The molecule has 2 saturated carbocycles. The summed E-state index contributed by atoms with van der Waals surface area (Å²) in [5, 5.41) is 0. The second-order valence-electron chi connectivity index (χ2n) is 10.1. The van der Waals surface area contributed by atoms with Crippen molar-refractivity contribution in [1.29, 1.82) is 0 Å². The maximum atomic E-state index is 15.5. The minimum atomic E-state index is 0.131. The molecule has 0 saturated heterocycles. The van der Waals surface area contributed by atoms with Crippen LogP contribution in [0.3, 0.4) is 0 Å². The molecule has 160 valence electrons. The molecule has 2 fully saturated rings. The molecule has 0 aromatic heterocycles. The van der Waals surface area contributed by atoms with Gasteiger partial charge in [-0.15, -0.1) is 0 Å². The van der Waals surface area contributed by atoms with E-state index in [1.54, 1.807) is 6.08 Å². The molecule has 0 aliphatic heterocycles. The van der Waals surface area contributed by atoms with Gasteiger partial charge in [0, 0.05) is 0 Å². The Bertz CT molecular complexity index is 707. The van der Waals surface area contributed by atoms with Gasteiger partial charge in [0.2, 0.25) is 0 Å². The Morgan fingerprint density at radius 3 is 2.66 bits per heavy atom. The van der Waals surface area contributed by atoms with E-state index < -0.39 is 0 Å². The first kappa shape index (κ1) is 21.1. The zero-order valence-electron chi connectivity index (χ0n) is 18.1. The lowest BCUT2D eigenvalue weighted by molar-refractivity contribution is 0.132. The molecular weight excluding hydrogens is 362 g/mol. The number of unbranched alkanes of at least 4 members (excludes halogenated alkanes) is 2. The summed E-state index contributed by atoms with van der Waals surface area (Å²) in [6.45, 7) is 2.26. The molecule has 0 amide bonds. The molecule has 0 radical (unpaired) electrons. The molecule has 0 N–H and O–H groups in total. The zero-order valence-corrected chi connectivity index (χ0v) is 18.1. The van der Waals surface area contributed by atoms with E-state index in [1.807, 2.05) is 0 Å². The number of hydrogen-bond acceptors (Lipinski definition) is 0. The lowest BCUT2D eigenvalue weighted by Gasteiger charge is -2.42. The van der Waals surface area contributed by atoms with Crippen molar-refractivity contribution in [1.82, 2.24) is 0 Å². The van der Waals surface area contributed by atoms with Gasteiger partial charge in [-0.2, -0.15) is 0 Å². The van der Waals surface area contributed by atoms with Crippen molar-refractivity contribution in [2.24, 2.45) is 23.7 Å². The van der Waals surface area contributed by atoms with E-state index in [4.69, 9.17) is 0 Å². The summed E-state index contributed by atoms with van der Waals surface area (Å²) in [7, 11) is 0. The molecule has 0 spiro atoms. The topological polar surface area (TPSA) is 0 Å². The van der Waals surface area contributed by atoms with Gasteiger partial charge in [0.15, 0.2) is 0 Å². The van der Waals surface area contributed by atoms with Crippen LogP contribution in [0.2, 0.25) is 0 Å². The van der Waals surface area contributed by atoms with Gasteiger partial charge >= 0.3 is 0 Å². The van der Waals surface area contributed by atoms with Crippen LogP contribution in [0.25, 0.3) is 0 Å². The highest BCUT2D eigenvalue weighted by Crippen LogP contribution is 2.48. The van der Waals surface area contributed by atoms with Crippen molar-refractivity contribution in [3.63, 3.8) is 0 Å². The quantitative estimate of drug-likeness (QED) is 0.421. The van der Waals surface area contributed by atoms with E-state index in [0.29, 0.717) is 23.7 Å². The maximum absolute atomic E-state index is 15.5. The Balaban J connectivity index is 1.41. The zero-order chi connectivity index (χ0) is 20.2. The molecule has 2 heteroatoms. The summed E-state index contributed by atoms with van der Waals surface area (Å²) in [5.74, 6) is 3.11. The van der Waals surface area contributed by atoms with Crippen LogP contribution in [-0.2, 0) is 12.8 Å². The molecule has 4 rings (SSSR count). The van der Waals surface area contributed by atoms with E-state index in [2.05, 4.69) is 19.1 Å². The van der Waals surface area contributed by atoms with Crippen LogP contribution in [0.4, 0.5) is 8.78 Å². The molecule has 5 unspecified atom stereocenters. The molecule has 0 heterocycles. The Kier molecular flexibility index (Phi) is 7.08. The van der Waals surface area contributed by atoms with Crippen LogP contribution in [0.5, 0.6) is 0 Å². The summed E-state index contributed by atoms with van der Waals surface area (Å²) in [6, 6.07) is 4.39. The smallest absolute Gasteiger partial charge is 0.130 e. The van der Waals surface area contributed by atoms with E-state index in [-0.39, 0.29) is 5.82 Å². The average molecular weight is 401 g/mol. The summed E-state index contributed by atoms with van der Waals surface area (Å²) in [6.07, 6.45) is 17.7. The van der Waals surface area contributed by atoms with Crippen molar-refractivity contribution in [3.05, 3.63) is 47.0 Å². The fourth-order valence-corrected chi connectivity index (χ4v) is 6.63. The third kappa shape index (κ3) is 4.78. The van der Waals surface area contributed by atoms with Crippen LogP contribution >= 0.6 is 0 Å². The van der Waals surface area contributed by atoms with Crippen LogP contribution in [-0.4, -0.2) is 0 Å². The highest BCUT2D eigenvalue weighted by molar-refractivity contribution is 5.38. The fraction of sp³-hybridized carbons (Fsp3) is 0.704. The van der Waals surface area contributed by atoms with Crippen molar-refractivity contribution >= 4 is 0 Å². The molecule has 5 atom stereocenters. The fourth-order valence-electron chi connectivity index (χ4n) is 6.63. The van der Waals surface area contributed by atoms with Crippen LogP contribution in [0.1, 0.15) is 100 Å². The predicted octanol–water partition coefficient (Wildman–Crippen LogP) is 8.29. The van der Waals surface area contributed by atoms with Gasteiger partial charge in [-0.3, -0.25) is 0 Å². The Labute approximate surface area is 176 Å². The molecule has 0 bridgehead atoms. The summed E-state index contributed by atoms with van der Waals surface area (Å²) >= 11 is 0. The summed E-state index contributed by atoms with van der Waals surface area (Å²) in [4.78, 5) is 0. The SMILES string of the molecule is CCCCCC1CCc2c(ccc(C3CCC4CC(/C=C/F)CCC4C3)c2F)C1. The first-order chi connectivity index (χ1) is 14.2. The van der Waals surface area contributed by atoms with E-state index in [0.717, 1.165) is 68.3 Å². The van der Waals surface area contributed by atoms with E-state index in [9.17, 15) is 4.39 Å². The molecule has 0 nitrogen and oxygen atoms in total. The first-order valence-electron chi connectivity index (χ1n) is 12.3. The number of fused-ring (bicyclic) bond motifs is 2. The minimum absolute atomic E-state index is 0.131. The van der Waals surface area contributed by atoms with Gasteiger partial charge in [-0.25, -0.2) is 8.78 Å². The van der Waals surface area contributed by atoms with Crippen molar-refractivity contribution < 1.29 is 8.78 Å². The third-order valence-electron chi connectivity index (χ3n) is 8.34. The first-order valence-corrected chi connectivity index (χ1v) is 12.3. The number of hydrogen-bond donors (Lipinski definition) is 0. The van der Waals surface area contributed by atoms with E-state index in [1.165, 1.54) is 44.1 Å². The molecular formula is C27H38F2. The van der Waals surface area contributed by atoms with Gasteiger partial charge < -0.3 is 0 Å². The second kappa shape index (κ2) is 9.75. The lowest BCUT2D eigenvalue weighted by atomic mass is 9.63. The summed E-state index contributed by atoms with van der Waals surface area (Å²) < 4.78 is 28.1. The van der Waals surface area contributed by atoms with Gasteiger partial charge in [0.1, 0.15) is 5.82 Å². The van der Waals surface area contributed by atoms with Crippen LogP contribution in [0, 0.1) is 29.5 Å². The molecule has 29 heavy (non-hydrogen) atoms. The highest BCUT2D eigenvalue weighted by atomic mass is 19.1. The van der Waals surface area contributed by atoms with Crippen LogP contribution < -0.4 is 0 Å². The Morgan fingerprint density at radius 2 is 1.83 bits per heavy atom. The largest absolute Gasteiger partial charge is 0.216 e. The number of allylic oxidation sites excluding steroid dienone is 1.